The van der Waals surface area contributed by atoms with Crippen LogP contribution < -0.4 is 5.32 Å². The summed E-state index contributed by atoms with van der Waals surface area (Å²) < 4.78 is 0. The first-order chi connectivity index (χ1) is 12.7. The zero-order valence-electron chi connectivity index (χ0n) is 17.2. The van der Waals surface area contributed by atoms with E-state index in [4.69, 9.17) is 4.98 Å². The molecule has 0 aliphatic heterocycles. The van der Waals surface area contributed by atoms with Crippen molar-refractivity contribution in [3.8, 4) is 0 Å². The van der Waals surface area contributed by atoms with Crippen molar-refractivity contribution in [3.05, 3.63) is 23.2 Å². The first-order valence-corrected chi connectivity index (χ1v) is 10.8. The quantitative estimate of drug-likeness (QED) is 0.754. The Kier molecular flexibility index (Phi) is 5.69. The summed E-state index contributed by atoms with van der Waals surface area (Å²) in [5.74, 6) is 0.233. The number of rotatable bonds is 5. The highest BCUT2D eigenvalue weighted by molar-refractivity contribution is 7.15. The third-order valence-electron chi connectivity index (χ3n) is 6.95. The van der Waals surface area contributed by atoms with Gasteiger partial charge in [-0.3, -0.25) is 4.79 Å². The number of carbonyl (C=O) groups excluding carboxylic acids is 1. The minimum atomic E-state index is -0.484. The van der Waals surface area contributed by atoms with E-state index in [1.54, 1.807) is 22.3 Å². The average molecular weight is 392 g/mol. The van der Waals surface area contributed by atoms with Crippen LogP contribution >= 0.6 is 11.3 Å². The third kappa shape index (κ3) is 3.42. The molecule has 0 radical (unpaired) electrons. The van der Waals surface area contributed by atoms with Gasteiger partial charge in [-0.05, 0) is 36.5 Å². The van der Waals surface area contributed by atoms with Gasteiger partial charge in [0.1, 0.15) is 0 Å². The van der Waals surface area contributed by atoms with Gasteiger partial charge in [0.25, 0.3) is 0 Å². The molecule has 0 bridgehead atoms. The molecular weight excluding hydrogens is 358 g/mol. The van der Waals surface area contributed by atoms with Crippen molar-refractivity contribution in [3.63, 3.8) is 0 Å². The molecule has 3 rings (SSSR count). The smallest absolute Gasteiger partial charge is 0.225 e. The summed E-state index contributed by atoms with van der Waals surface area (Å²) in [5, 5.41) is 15.5. The Morgan fingerprint density at radius 3 is 2.93 bits per heavy atom. The van der Waals surface area contributed by atoms with E-state index in [9.17, 15) is 9.90 Å². The highest BCUT2D eigenvalue weighted by atomic mass is 32.1. The van der Waals surface area contributed by atoms with E-state index in [1.165, 1.54) is 4.88 Å². The molecular formula is C21H33N3O2S. The van der Waals surface area contributed by atoms with Crippen LogP contribution in [0, 0.1) is 23.2 Å². The number of aromatic nitrogens is 1. The predicted molar refractivity (Wildman–Crippen MR) is 111 cm³/mol. The van der Waals surface area contributed by atoms with E-state index in [0.29, 0.717) is 6.54 Å². The molecule has 27 heavy (non-hydrogen) atoms. The summed E-state index contributed by atoms with van der Waals surface area (Å²) in [7, 11) is 3.71. The summed E-state index contributed by atoms with van der Waals surface area (Å²) >= 11 is 1.74. The molecule has 1 saturated carbocycles. The molecule has 6 heteroatoms. The van der Waals surface area contributed by atoms with Crippen molar-refractivity contribution < 1.29 is 9.90 Å². The number of hydrogen-bond donors (Lipinski definition) is 2. The van der Waals surface area contributed by atoms with Crippen LogP contribution in [0.5, 0.6) is 0 Å². The van der Waals surface area contributed by atoms with E-state index >= 15 is 0 Å². The average Bonchev–Trinajstić information content (AvgIpc) is 3.03. The van der Waals surface area contributed by atoms with E-state index in [1.807, 2.05) is 21.0 Å². The number of aliphatic hydroxyl groups is 1. The molecule has 1 amide bonds. The largest absolute Gasteiger partial charge is 0.392 e. The van der Waals surface area contributed by atoms with Gasteiger partial charge in [-0.1, -0.05) is 26.8 Å². The van der Waals surface area contributed by atoms with Crippen LogP contribution in [-0.2, 0) is 11.2 Å². The fraction of sp³-hybridized carbons (Fsp3) is 0.714. The number of amides is 1. The number of nitrogens with one attached hydrogen (secondary N) is 1. The van der Waals surface area contributed by atoms with Crippen LogP contribution in [0.4, 0.5) is 5.13 Å². The van der Waals surface area contributed by atoms with Gasteiger partial charge in [0, 0.05) is 37.4 Å². The Morgan fingerprint density at radius 2 is 2.30 bits per heavy atom. The van der Waals surface area contributed by atoms with Gasteiger partial charge in [-0.15, -0.1) is 17.9 Å². The highest BCUT2D eigenvalue weighted by Crippen LogP contribution is 2.57. The van der Waals surface area contributed by atoms with Gasteiger partial charge in [0.05, 0.1) is 11.8 Å². The molecule has 0 unspecified atom stereocenters. The van der Waals surface area contributed by atoms with Crippen molar-refractivity contribution in [1.29, 1.82) is 0 Å². The van der Waals surface area contributed by atoms with Crippen molar-refractivity contribution >= 4 is 22.4 Å². The standard InChI is InChI=1S/C21H33N3O2S/c1-7-10-24(6)19(26)12(2)14-8-9-21(4)11-15-17(23-20(22-5)27-15)13(3)16(21)18(14)25/h7,12-14,16,18,25H,1,8-11H2,2-6H3,(H,22,23)/t12-,13-,14-,16+,18-,21-/m0/s1. The number of carbonyl (C=O) groups is 1. The number of fused-ring (bicyclic) bond motifs is 2. The van der Waals surface area contributed by atoms with Crippen molar-refractivity contribution in [2.45, 2.75) is 52.1 Å². The second-order valence-electron chi connectivity index (χ2n) is 8.71. The summed E-state index contributed by atoms with van der Waals surface area (Å²) in [6.07, 6.45) is 4.16. The lowest BCUT2D eigenvalue weighted by Gasteiger charge is -2.53. The van der Waals surface area contributed by atoms with Gasteiger partial charge >= 0.3 is 0 Å². The van der Waals surface area contributed by atoms with Gasteiger partial charge < -0.3 is 15.3 Å². The topological polar surface area (TPSA) is 65.5 Å². The predicted octanol–water partition coefficient (Wildman–Crippen LogP) is 3.52. The van der Waals surface area contributed by atoms with Crippen LogP contribution in [0.3, 0.4) is 0 Å². The van der Waals surface area contributed by atoms with Gasteiger partial charge in [0.2, 0.25) is 5.91 Å². The maximum atomic E-state index is 12.8. The zero-order chi connectivity index (χ0) is 19.9. The molecule has 150 valence electrons. The van der Waals surface area contributed by atoms with Crippen molar-refractivity contribution in [2.24, 2.45) is 23.2 Å². The lowest BCUT2D eigenvalue weighted by Crippen LogP contribution is -2.53. The number of aliphatic hydroxyl groups excluding tert-OH is 1. The summed E-state index contributed by atoms with van der Waals surface area (Å²) in [5.41, 5.74) is 1.20. The molecule has 2 aliphatic rings. The Labute approximate surface area is 166 Å². The lowest BCUT2D eigenvalue weighted by molar-refractivity contribution is -0.143. The molecule has 0 aromatic carbocycles. The molecule has 2 aliphatic carbocycles. The van der Waals surface area contributed by atoms with Crippen LogP contribution in [0.2, 0.25) is 0 Å². The molecule has 0 saturated heterocycles. The van der Waals surface area contributed by atoms with Gasteiger partial charge in [-0.25, -0.2) is 4.98 Å². The van der Waals surface area contributed by atoms with Crippen LogP contribution in [0.1, 0.15) is 50.1 Å². The van der Waals surface area contributed by atoms with E-state index < -0.39 is 6.10 Å². The Hall–Kier alpha value is -1.40. The molecule has 2 N–H and O–H groups in total. The Morgan fingerprint density at radius 1 is 1.59 bits per heavy atom. The van der Waals surface area contributed by atoms with Crippen molar-refractivity contribution in [1.82, 2.24) is 9.88 Å². The molecule has 1 aromatic rings. The third-order valence-corrected chi connectivity index (χ3v) is 8.04. The van der Waals surface area contributed by atoms with E-state index in [-0.39, 0.29) is 35.0 Å². The van der Waals surface area contributed by atoms with E-state index in [0.717, 1.165) is 30.1 Å². The van der Waals surface area contributed by atoms with Crippen LogP contribution in [0.15, 0.2) is 12.7 Å². The Balaban J connectivity index is 1.86. The summed E-state index contributed by atoms with van der Waals surface area (Å²) in [6.45, 7) is 10.7. The minimum Gasteiger partial charge on any atom is -0.392 e. The first kappa shape index (κ1) is 20.3. The van der Waals surface area contributed by atoms with Crippen LogP contribution in [-0.4, -0.2) is 47.6 Å². The number of hydrogen-bond acceptors (Lipinski definition) is 5. The second-order valence-corrected chi connectivity index (χ2v) is 9.80. The highest BCUT2D eigenvalue weighted by Gasteiger charge is 2.54. The molecule has 1 aromatic heterocycles. The molecule has 0 spiro atoms. The fourth-order valence-electron chi connectivity index (χ4n) is 5.47. The summed E-state index contributed by atoms with van der Waals surface area (Å²) in [6, 6.07) is 0. The number of thiazole rings is 1. The maximum absolute atomic E-state index is 12.8. The number of nitrogens with zero attached hydrogens (tertiary/aromatic N) is 2. The number of likely N-dealkylation sites (N-methyl/N-ethyl adjacent to an activating group) is 1. The maximum Gasteiger partial charge on any atom is 0.225 e. The normalized spacial score (nSPS) is 33.6. The molecule has 1 heterocycles. The van der Waals surface area contributed by atoms with Crippen molar-refractivity contribution in [2.75, 3.05) is 26.0 Å². The lowest BCUT2D eigenvalue weighted by atomic mass is 9.53. The first-order valence-electron chi connectivity index (χ1n) is 9.94. The molecule has 1 fully saturated rings. The number of anilines is 1. The minimum absolute atomic E-state index is 0.00533. The molecule has 5 nitrogen and oxygen atoms in total. The zero-order valence-corrected chi connectivity index (χ0v) is 18.0. The second kappa shape index (κ2) is 7.55. The van der Waals surface area contributed by atoms with Gasteiger partial charge in [-0.2, -0.15) is 0 Å². The SMILES string of the molecule is C=CCN(C)C(=O)[C@@H](C)[C@@H]1CC[C@@]2(C)Cc3sc(NC)nc3[C@@H](C)[C@@H]2[C@H]1O. The van der Waals surface area contributed by atoms with Crippen LogP contribution in [0.25, 0.3) is 0 Å². The summed E-state index contributed by atoms with van der Waals surface area (Å²) in [4.78, 5) is 20.6. The fourth-order valence-corrected chi connectivity index (χ4v) is 6.69. The molecule has 6 atom stereocenters. The monoisotopic (exact) mass is 391 g/mol. The van der Waals surface area contributed by atoms with E-state index in [2.05, 4.69) is 25.7 Å². The Bertz CT molecular complexity index is 718. The van der Waals surface area contributed by atoms with Gasteiger partial charge in [0.15, 0.2) is 5.13 Å².